The van der Waals surface area contributed by atoms with E-state index in [2.05, 4.69) is 9.98 Å². The zero-order chi connectivity index (χ0) is 21.9. The Morgan fingerprint density at radius 3 is 3.03 bits per heavy atom. The minimum absolute atomic E-state index is 0.0902. The highest BCUT2D eigenvalue weighted by Crippen LogP contribution is 2.43. The molecular formula is C24H26N4O4. The predicted molar refractivity (Wildman–Crippen MR) is 122 cm³/mol. The second kappa shape index (κ2) is 9.00. The van der Waals surface area contributed by atoms with Gasteiger partial charge in [0.15, 0.2) is 11.5 Å². The first kappa shape index (κ1) is 20.5. The molecule has 8 heteroatoms. The number of aromatic nitrogens is 1. The smallest absolute Gasteiger partial charge is 0.187 e. The van der Waals surface area contributed by atoms with Crippen molar-refractivity contribution in [3.63, 3.8) is 0 Å². The predicted octanol–water partition coefficient (Wildman–Crippen LogP) is 3.74. The van der Waals surface area contributed by atoms with Gasteiger partial charge in [-0.3, -0.25) is 9.98 Å². The maximum atomic E-state index is 10.7. The van der Waals surface area contributed by atoms with E-state index in [-0.39, 0.29) is 11.9 Å². The van der Waals surface area contributed by atoms with Crippen molar-refractivity contribution in [3.05, 3.63) is 53.9 Å². The maximum Gasteiger partial charge on any atom is 0.187 e. The van der Waals surface area contributed by atoms with Gasteiger partial charge in [-0.25, -0.2) is 4.99 Å². The highest BCUT2D eigenvalue weighted by molar-refractivity contribution is 6.20. The standard InChI is InChI=1S/C24H26N4O4/c1-30-23-20(32-15-17-6-2-3-12-31-17)8-7-18-22(23)27-21(28-11-10-26-24(18)28)13-19(29)16-5-4-9-25-14-16/h4-5,7-9,13-14,17,29H,2-3,6,10-12,15H2,1H3/b19-13+. The van der Waals surface area contributed by atoms with E-state index in [1.165, 1.54) is 0 Å². The van der Waals surface area contributed by atoms with Crippen LogP contribution in [0, 0.1) is 0 Å². The van der Waals surface area contributed by atoms with Crippen molar-refractivity contribution in [2.24, 2.45) is 9.98 Å². The number of hydrogen-bond donors (Lipinski definition) is 1. The van der Waals surface area contributed by atoms with Crippen molar-refractivity contribution in [2.75, 3.05) is 33.4 Å². The zero-order valence-electron chi connectivity index (χ0n) is 18.0. The second-order valence-electron chi connectivity index (χ2n) is 7.89. The molecule has 0 bridgehead atoms. The van der Waals surface area contributed by atoms with Gasteiger partial charge in [-0.05, 0) is 43.5 Å². The molecule has 1 saturated heterocycles. The quantitative estimate of drug-likeness (QED) is 0.697. The highest BCUT2D eigenvalue weighted by Gasteiger charge is 2.32. The summed E-state index contributed by atoms with van der Waals surface area (Å²) in [5.74, 6) is 2.68. The SMILES string of the molecule is COc1c(OCC2CCCCO2)ccc2c1N=C(/C=C(/O)c1cccnc1)N1CCN=C21. The number of aliphatic imine (C=N–C) groups is 2. The van der Waals surface area contributed by atoms with Crippen LogP contribution in [0.5, 0.6) is 11.5 Å². The number of methoxy groups -OCH3 is 1. The molecule has 32 heavy (non-hydrogen) atoms. The van der Waals surface area contributed by atoms with Crippen molar-refractivity contribution in [1.29, 1.82) is 0 Å². The van der Waals surface area contributed by atoms with Crippen LogP contribution in [0.3, 0.4) is 0 Å². The number of aliphatic hydroxyl groups excluding tert-OH is 1. The first-order chi connectivity index (χ1) is 15.7. The molecule has 2 aromatic rings. The maximum absolute atomic E-state index is 10.7. The van der Waals surface area contributed by atoms with Crippen LogP contribution in [0.25, 0.3) is 5.76 Å². The Morgan fingerprint density at radius 2 is 2.25 bits per heavy atom. The van der Waals surface area contributed by atoms with Crippen LogP contribution in [0.15, 0.2) is 52.7 Å². The fourth-order valence-corrected chi connectivity index (χ4v) is 4.18. The first-order valence-corrected chi connectivity index (χ1v) is 10.9. The van der Waals surface area contributed by atoms with Gasteiger partial charge in [0, 0.05) is 42.7 Å². The Bertz CT molecular complexity index is 1070. The largest absolute Gasteiger partial charge is 0.507 e. The van der Waals surface area contributed by atoms with Gasteiger partial charge in [0.05, 0.1) is 19.8 Å². The van der Waals surface area contributed by atoms with Crippen LogP contribution >= 0.6 is 0 Å². The number of ether oxygens (including phenoxy) is 3. The topological polar surface area (TPSA) is 88.8 Å². The molecule has 166 valence electrons. The van der Waals surface area contributed by atoms with E-state index in [0.29, 0.717) is 48.3 Å². The Hall–Kier alpha value is -3.39. The van der Waals surface area contributed by atoms with Crippen molar-refractivity contribution >= 4 is 23.1 Å². The lowest BCUT2D eigenvalue weighted by molar-refractivity contribution is -0.0114. The lowest BCUT2D eigenvalue weighted by Crippen LogP contribution is -2.36. The number of rotatable bonds is 6. The van der Waals surface area contributed by atoms with Crippen molar-refractivity contribution < 1.29 is 19.3 Å². The number of benzene rings is 1. The number of pyridine rings is 1. The molecule has 1 aromatic heterocycles. The van der Waals surface area contributed by atoms with Crippen LogP contribution in [-0.2, 0) is 4.74 Å². The summed E-state index contributed by atoms with van der Waals surface area (Å²) in [6.07, 6.45) is 8.28. The Balaban J connectivity index is 1.50. The number of fused-ring (bicyclic) bond motifs is 3. The summed E-state index contributed by atoms with van der Waals surface area (Å²) in [6, 6.07) is 7.46. The first-order valence-electron chi connectivity index (χ1n) is 10.9. The normalized spacial score (nSPS) is 20.2. The average molecular weight is 434 g/mol. The van der Waals surface area contributed by atoms with Gasteiger partial charge in [0.1, 0.15) is 29.7 Å². The molecule has 0 aliphatic carbocycles. The van der Waals surface area contributed by atoms with Crippen LogP contribution in [0.4, 0.5) is 5.69 Å². The molecule has 1 unspecified atom stereocenters. The van der Waals surface area contributed by atoms with E-state index < -0.39 is 0 Å². The molecule has 3 aliphatic heterocycles. The van der Waals surface area contributed by atoms with Gasteiger partial charge >= 0.3 is 0 Å². The lowest BCUT2D eigenvalue weighted by Gasteiger charge is -2.28. The summed E-state index contributed by atoms with van der Waals surface area (Å²) in [5, 5.41) is 10.7. The Kier molecular flexibility index (Phi) is 5.77. The van der Waals surface area contributed by atoms with E-state index >= 15 is 0 Å². The third kappa shape index (κ3) is 3.93. The minimum atomic E-state index is 0.0902. The molecule has 5 rings (SSSR count). The number of nitrogens with zero attached hydrogens (tertiary/aromatic N) is 4. The molecule has 1 fully saturated rings. The van der Waals surface area contributed by atoms with Crippen LogP contribution in [0.2, 0.25) is 0 Å². The highest BCUT2D eigenvalue weighted by atomic mass is 16.5. The van der Waals surface area contributed by atoms with Gasteiger partial charge in [-0.15, -0.1) is 0 Å². The minimum Gasteiger partial charge on any atom is -0.507 e. The Morgan fingerprint density at radius 1 is 1.31 bits per heavy atom. The van der Waals surface area contributed by atoms with Crippen molar-refractivity contribution in [3.8, 4) is 11.5 Å². The van der Waals surface area contributed by atoms with Gasteiger partial charge < -0.3 is 24.2 Å². The van der Waals surface area contributed by atoms with E-state index in [4.69, 9.17) is 19.2 Å². The summed E-state index contributed by atoms with van der Waals surface area (Å²) in [7, 11) is 1.61. The second-order valence-corrected chi connectivity index (χ2v) is 7.89. The Labute approximate surface area is 186 Å². The molecule has 1 aromatic carbocycles. The van der Waals surface area contributed by atoms with Crippen LogP contribution in [0.1, 0.15) is 30.4 Å². The number of hydrogen-bond acceptors (Lipinski definition) is 8. The zero-order valence-corrected chi connectivity index (χ0v) is 18.0. The van der Waals surface area contributed by atoms with E-state index in [1.54, 1.807) is 37.7 Å². The molecule has 0 amide bonds. The van der Waals surface area contributed by atoms with Crippen molar-refractivity contribution in [1.82, 2.24) is 9.88 Å². The summed E-state index contributed by atoms with van der Waals surface area (Å²) in [4.78, 5) is 15.6. The molecule has 0 spiro atoms. The third-order valence-corrected chi connectivity index (χ3v) is 5.81. The monoisotopic (exact) mass is 434 g/mol. The lowest BCUT2D eigenvalue weighted by atomic mass is 10.1. The summed E-state index contributed by atoms with van der Waals surface area (Å²) in [5.41, 5.74) is 2.16. The fourth-order valence-electron chi connectivity index (χ4n) is 4.18. The van der Waals surface area contributed by atoms with Crippen LogP contribution in [-0.4, -0.2) is 66.2 Å². The van der Waals surface area contributed by atoms with E-state index in [1.807, 2.05) is 17.0 Å². The van der Waals surface area contributed by atoms with Crippen LogP contribution < -0.4 is 9.47 Å². The summed E-state index contributed by atoms with van der Waals surface area (Å²) < 4.78 is 17.6. The molecule has 0 radical (unpaired) electrons. The summed E-state index contributed by atoms with van der Waals surface area (Å²) in [6.45, 7) is 2.62. The molecule has 3 aliphatic rings. The van der Waals surface area contributed by atoms with Gasteiger partial charge in [-0.1, -0.05) is 0 Å². The molecule has 1 N–H and O–H groups in total. The molecule has 8 nitrogen and oxygen atoms in total. The fraction of sp³-hybridized carbons (Fsp3) is 0.375. The van der Waals surface area contributed by atoms with E-state index in [0.717, 1.165) is 37.3 Å². The molecule has 1 atom stereocenters. The number of amidine groups is 2. The van der Waals surface area contributed by atoms with E-state index in [9.17, 15) is 5.11 Å². The van der Waals surface area contributed by atoms with Crippen molar-refractivity contribution in [2.45, 2.75) is 25.4 Å². The van der Waals surface area contributed by atoms with Gasteiger partial charge in [0.25, 0.3) is 0 Å². The van der Waals surface area contributed by atoms with Gasteiger partial charge in [0.2, 0.25) is 0 Å². The molecular weight excluding hydrogens is 408 g/mol. The average Bonchev–Trinajstić information content (AvgIpc) is 3.34. The number of aliphatic hydroxyl groups is 1. The third-order valence-electron chi connectivity index (χ3n) is 5.81. The summed E-state index contributed by atoms with van der Waals surface area (Å²) >= 11 is 0. The van der Waals surface area contributed by atoms with Gasteiger partial charge in [-0.2, -0.15) is 0 Å². The molecule has 0 saturated carbocycles. The molecule has 4 heterocycles.